The zero-order chi connectivity index (χ0) is 31.0. The van der Waals surface area contributed by atoms with Crippen LogP contribution in [0.4, 0.5) is 5.69 Å². The van der Waals surface area contributed by atoms with Crippen LogP contribution in [0, 0.1) is 0 Å². The topological polar surface area (TPSA) is 124 Å². The lowest BCUT2D eigenvalue weighted by Crippen LogP contribution is -2.50. The van der Waals surface area contributed by atoms with Crippen molar-refractivity contribution in [3.8, 4) is 23.0 Å². The largest absolute Gasteiger partial charge is 0.497 e. The Bertz CT molecular complexity index is 1530. The molecular weight excluding hydrogens is 586 g/mol. The predicted octanol–water partition coefficient (Wildman–Crippen LogP) is 3.73. The molecule has 0 spiro atoms. The number of methoxy groups -OCH3 is 4. The van der Waals surface area contributed by atoms with Gasteiger partial charge in [0, 0.05) is 24.7 Å². The fourth-order valence-corrected chi connectivity index (χ4v) is 5.83. The number of nitrogens with one attached hydrogen (secondary N) is 1. The minimum Gasteiger partial charge on any atom is -0.497 e. The number of halogens is 1. The first-order valence-electron chi connectivity index (χ1n) is 12.7. The fraction of sp³-hybridized carbons (Fsp3) is 0.310. The average Bonchev–Trinajstić information content (AvgIpc) is 3.01. The second kappa shape index (κ2) is 14.1. The van der Waals surface area contributed by atoms with Crippen molar-refractivity contribution in [2.24, 2.45) is 0 Å². The molecule has 1 atom stereocenters. The van der Waals surface area contributed by atoms with Crippen molar-refractivity contribution < 1.29 is 37.0 Å². The van der Waals surface area contributed by atoms with Crippen molar-refractivity contribution in [3.05, 3.63) is 71.2 Å². The van der Waals surface area contributed by atoms with E-state index in [4.69, 9.17) is 30.5 Å². The van der Waals surface area contributed by atoms with Gasteiger partial charge in [0.05, 0.1) is 39.0 Å². The van der Waals surface area contributed by atoms with Crippen LogP contribution in [0.15, 0.2) is 65.6 Å². The number of sulfonamides is 1. The quantitative estimate of drug-likeness (QED) is 0.307. The van der Waals surface area contributed by atoms with Gasteiger partial charge in [-0.25, -0.2) is 8.42 Å². The zero-order valence-electron chi connectivity index (χ0n) is 24.2. The van der Waals surface area contributed by atoms with Gasteiger partial charge in [-0.3, -0.25) is 13.9 Å². The number of rotatable bonds is 13. The molecule has 0 saturated carbocycles. The molecule has 0 aliphatic heterocycles. The molecule has 0 heterocycles. The Morgan fingerprint density at radius 3 is 2.17 bits per heavy atom. The number of nitrogens with zero attached hydrogens (tertiary/aromatic N) is 2. The Balaban J connectivity index is 2.15. The maximum absolute atomic E-state index is 14.2. The molecule has 0 radical (unpaired) electrons. The van der Waals surface area contributed by atoms with Crippen molar-refractivity contribution in [2.75, 3.05) is 46.3 Å². The van der Waals surface area contributed by atoms with E-state index in [-0.39, 0.29) is 33.6 Å². The highest BCUT2D eigenvalue weighted by Gasteiger charge is 2.34. The van der Waals surface area contributed by atoms with Crippen LogP contribution >= 0.6 is 11.6 Å². The number of carbonyl (C=O) groups is 2. The Kier molecular flexibility index (Phi) is 10.9. The second-order valence-corrected chi connectivity index (χ2v) is 11.3. The molecule has 11 nitrogen and oxygen atoms in total. The number of hydrogen-bond acceptors (Lipinski definition) is 8. The molecule has 2 amide bonds. The van der Waals surface area contributed by atoms with Gasteiger partial charge < -0.3 is 29.2 Å². The molecule has 226 valence electrons. The lowest BCUT2D eigenvalue weighted by atomic mass is 10.1. The van der Waals surface area contributed by atoms with Crippen molar-refractivity contribution in [1.29, 1.82) is 0 Å². The van der Waals surface area contributed by atoms with E-state index in [1.165, 1.54) is 76.8 Å². The van der Waals surface area contributed by atoms with Crippen molar-refractivity contribution in [2.45, 2.75) is 24.4 Å². The Labute approximate surface area is 250 Å². The summed E-state index contributed by atoms with van der Waals surface area (Å²) in [5.74, 6) is 0.142. The van der Waals surface area contributed by atoms with Crippen molar-refractivity contribution in [1.82, 2.24) is 10.2 Å². The summed E-state index contributed by atoms with van der Waals surface area (Å²) in [6.07, 6.45) is 0. The first-order chi connectivity index (χ1) is 20.0. The fourth-order valence-electron chi connectivity index (χ4n) is 4.23. The third-order valence-corrected chi connectivity index (χ3v) is 8.52. The van der Waals surface area contributed by atoms with Crippen LogP contribution in [0.3, 0.4) is 0 Å². The molecule has 3 rings (SSSR count). The van der Waals surface area contributed by atoms with E-state index in [0.717, 1.165) is 4.31 Å². The molecule has 0 bridgehead atoms. The van der Waals surface area contributed by atoms with Crippen LogP contribution in [0.25, 0.3) is 0 Å². The van der Waals surface area contributed by atoms with Crippen LogP contribution in [0.2, 0.25) is 5.02 Å². The molecule has 0 fully saturated rings. The molecule has 0 aliphatic carbocycles. The second-order valence-electron chi connectivity index (χ2n) is 9.01. The van der Waals surface area contributed by atoms with Gasteiger partial charge in [0.25, 0.3) is 10.0 Å². The average molecular weight is 620 g/mol. The number of anilines is 1. The van der Waals surface area contributed by atoms with E-state index in [1.54, 1.807) is 31.2 Å². The molecule has 13 heteroatoms. The number of amides is 2. The van der Waals surface area contributed by atoms with Gasteiger partial charge in [-0.05, 0) is 55.0 Å². The Hall–Kier alpha value is -4.16. The molecule has 0 saturated heterocycles. The van der Waals surface area contributed by atoms with Gasteiger partial charge in [0.2, 0.25) is 11.8 Å². The molecule has 42 heavy (non-hydrogen) atoms. The SMILES string of the molecule is CNC(=O)C(C)N(Cc1cccc(OC)c1)C(=O)CN(c1cc(Cl)ccc1OC)S(=O)(=O)c1ccc(OC)c(OC)c1. The van der Waals surface area contributed by atoms with Gasteiger partial charge in [-0.2, -0.15) is 0 Å². The van der Waals surface area contributed by atoms with Gasteiger partial charge in [-0.15, -0.1) is 0 Å². The minimum absolute atomic E-state index is 0.00153. The van der Waals surface area contributed by atoms with Crippen LogP contribution in [-0.2, 0) is 26.2 Å². The summed E-state index contributed by atoms with van der Waals surface area (Å²) in [5.41, 5.74) is 0.704. The molecule has 3 aromatic carbocycles. The van der Waals surface area contributed by atoms with Gasteiger partial charge in [-0.1, -0.05) is 23.7 Å². The highest BCUT2D eigenvalue weighted by atomic mass is 35.5. The van der Waals surface area contributed by atoms with E-state index < -0.39 is 34.4 Å². The highest BCUT2D eigenvalue weighted by molar-refractivity contribution is 7.92. The Morgan fingerprint density at radius 1 is 0.881 bits per heavy atom. The maximum atomic E-state index is 14.2. The van der Waals surface area contributed by atoms with Crippen molar-refractivity contribution >= 4 is 39.1 Å². The van der Waals surface area contributed by atoms with E-state index in [9.17, 15) is 18.0 Å². The summed E-state index contributed by atoms with van der Waals surface area (Å²) >= 11 is 6.27. The van der Waals surface area contributed by atoms with Crippen LogP contribution in [-0.4, -0.2) is 73.2 Å². The molecule has 0 aliphatic rings. The lowest BCUT2D eigenvalue weighted by molar-refractivity contribution is -0.139. The number of ether oxygens (including phenoxy) is 4. The van der Waals surface area contributed by atoms with Crippen LogP contribution in [0.5, 0.6) is 23.0 Å². The van der Waals surface area contributed by atoms with Gasteiger partial charge in [0.1, 0.15) is 24.1 Å². The predicted molar refractivity (Wildman–Crippen MR) is 159 cm³/mol. The summed E-state index contributed by atoms with van der Waals surface area (Å²) in [4.78, 5) is 27.8. The number of hydrogen-bond donors (Lipinski definition) is 1. The summed E-state index contributed by atoms with van der Waals surface area (Å²) in [6, 6.07) is 14.6. The lowest BCUT2D eigenvalue weighted by Gasteiger charge is -2.32. The van der Waals surface area contributed by atoms with Crippen LogP contribution < -0.4 is 28.6 Å². The first kappa shape index (κ1) is 32.4. The molecule has 1 N–H and O–H groups in total. The first-order valence-corrected chi connectivity index (χ1v) is 14.5. The Morgan fingerprint density at radius 2 is 1.55 bits per heavy atom. The zero-order valence-corrected chi connectivity index (χ0v) is 25.8. The number of carbonyl (C=O) groups excluding carboxylic acids is 2. The highest BCUT2D eigenvalue weighted by Crippen LogP contribution is 2.37. The van der Waals surface area contributed by atoms with Gasteiger partial charge in [0.15, 0.2) is 11.5 Å². The molecular formula is C29H34ClN3O8S. The van der Waals surface area contributed by atoms with E-state index >= 15 is 0 Å². The molecule has 3 aromatic rings. The third-order valence-electron chi connectivity index (χ3n) is 6.53. The summed E-state index contributed by atoms with van der Waals surface area (Å²) < 4.78 is 50.6. The molecule has 1 unspecified atom stereocenters. The van der Waals surface area contributed by atoms with E-state index in [0.29, 0.717) is 17.1 Å². The third kappa shape index (κ3) is 7.18. The standard InChI is InChI=1S/C29H34ClN3O8S/c1-19(29(35)31-2)32(17-20-8-7-9-22(14-20)38-3)28(34)18-33(24-15-21(30)10-12-25(24)39-4)42(36,37)23-11-13-26(40-5)27(16-23)41-6/h7-16,19H,17-18H2,1-6H3,(H,31,35). The number of likely N-dealkylation sites (N-methyl/N-ethyl adjacent to an activating group) is 1. The number of benzene rings is 3. The van der Waals surface area contributed by atoms with Crippen molar-refractivity contribution in [3.63, 3.8) is 0 Å². The maximum Gasteiger partial charge on any atom is 0.265 e. The van der Waals surface area contributed by atoms with Crippen LogP contribution in [0.1, 0.15) is 12.5 Å². The summed E-state index contributed by atoms with van der Waals surface area (Å²) in [6.45, 7) is 0.879. The van der Waals surface area contributed by atoms with E-state index in [1.807, 2.05) is 0 Å². The van der Waals surface area contributed by atoms with Gasteiger partial charge >= 0.3 is 0 Å². The van der Waals surface area contributed by atoms with E-state index in [2.05, 4.69) is 5.32 Å². The summed E-state index contributed by atoms with van der Waals surface area (Å²) in [7, 11) is 2.72. The molecule has 0 aromatic heterocycles. The smallest absolute Gasteiger partial charge is 0.265 e. The minimum atomic E-state index is -4.43. The normalized spacial score (nSPS) is 11.7. The summed E-state index contributed by atoms with van der Waals surface area (Å²) in [5, 5.41) is 2.77. The monoisotopic (exact) mass is 619 g/mol.